The molecule has 166 valence electrons. The molecular formula is C25H28FN5O. The molecule has 3 heterocycles. The van der Waals surface area contributed by atoms with Gasteiger partial charge in [-0.25, -0.2) is 14.4 Å². The van der Waals surface area contributed by atoms with E-state index >= 15 is 0 Å². The molecule has 0 bridgehead atoms. The van der Waals surface area contributed by atoms with Gasteiger partial charge in [0.25, 0.3) is 0 Å². The highest BCUT2D eigenvalue weighted by Gasteiger charge is 2.32. The second kappa shape index (κ2) is 9.02. The van der Waals surface area contributed by atoms with E-state index in [0.717, 1.165) is 30.6 Å². The first-order valence-electron chi connectivity index (χ1n) is 10.9. The highest BCUT2D eigenvalue weighted by Crippen LogP contribution is 2.31. The number of anilines is 2. The van der Waals surface area contributed by atoms with Crippen molar-refractivity contribution in [1.82, 2.24) is 19.9 Å². The summed E-state index contributed by atoms with van der Waals surface area (Å²) in [5.41, 5.74) is 1.92. The van der Waals surface area contributed by atoms with Crippen LogP contribution in [0, 0.1) is 11.2 Å². The number of likely N-dealkylation sites (tertiary alicyclic amines) is 1. The Labute approximate surface area is 187 Å². The van der Waals surface area contributed by atoms with Crippen LogP contribution in [0.3, 0.4) is 0 Å². The van der Waals surface area contributed by atoms with Gasteiger partial charge in [-0.1, -0.05) is 26.8 Å². The number of amides is 1. The van der Waals surface area contributed by atoms with E-state index in [0.29, 0.717) is 23.9 Å². The van der Waals surface area contributed by atoms with Gasteiger partial charge in [0.15, 0.2) is 5.82 Å². The molecule has 1 aliphatic heterocycles. The molecular weight excluding hydrogens is 405 g/mol. The average Bonchev–Trinajstić information content (AvgIpc) is 2.78. The van der Waals surface area contributed by atoms with Crippen LogP contribution in [0.4, 0.5) is 15.9 Å². The van der Waals surface area contributed by atoms with Crippen LogP contribution >= 0.6 is 0 Å². The second-order valence-corrected chi connectivity index (χ2v) is 9.21. The fraction of sp³-hybridized carbons (Fsp3) is 0.360. The number of hydrogen-bond acceptors (Lipinski definition) is 5. The molecule has 1 saturated heterocycles. The third kappa shape index (κ3) is 5.10. The van der Waals surface area contributed by atoms with Crippen LogP contribution < -0.4 is 5.32 Å². The normalized spacial score (nSPS) is 16.6. The summed E-state index contributed by atoms with van der Waals surface area (Å²) in [7, 11) is 0. The molecule has 1 aliphatic rings. The monoisotopic (exact) mass is 433 g/mol. The first-order valence-corrected chi connectivity index (χ1v) is 10.9. The minimum absolute atomic E-state index is 0.103. The van der Waals surface area contributed by atoms with Crippen LogP contribution in [0.2, 0.25) is 0 Å². The number of halogens is 1. The predicted octanol–water partition coefficient (Wildman–Crippen LogP) is 5.17. The van der Waals surface area contributed by atoms with Gasteiger partial charge in [-0.2, -0.15) is 0 Å². The summed E-state index contributed by atoms with van der Waals surface area (Å²) < 4.78 is 13.7. The zero-order chi connectivity index (χ0) is 22.7. The van der Waals surface area contributed by atoms with Gasteiger partial charge >= 0.3 is 0 Å². The van der Waals surface area contributed by atoms with Crippen LogP contribution in [0.25, 0.3) is 11.4 Å². The number of hydrogen-bond donors (Lipinski definition) is 1. The molecule has 0 aliphatic carbocycles. The first kappa shape index (κ1) is 21.9. The van der Waals surface area contributed by atoms with E-state index in [2.05, 4.69) is 15.3 Å². The molecule has 2 aromatic heterocycles. The van der Waals surface area contributed by atoms with Gasteiger partial charge in [-0.3, -0.25) is 9.78 Å². The SMILES string of the molecule is CC(C)(C)C(=O)N1CCCC(c2cc(Nc3cccc(F)c3)nc(-c3ccncc3)n2)C1. The molecule has 1 fully saturated rings. The Morgan fingerprint density at radius 1 is 1.12 bits per heavy atom. The van der Waals surface area contributed by atoms with Crippen molar-refractivity contribution in [3.8, 4) is 11.4 Å². The van der Waals surface area contributed by atoms with Crippen molar-refractivity contribution in [1.29, 1.82) is 0 Å². The van der Waals surface area contributed by atoms with E-state index in [-0.39, 0.29) is 17.6 Å². The molecule has 1 N–H and O–H groups in total. The number of carbonyl (C=O) groups excluding carboxylic acids is 1. The Kier molecular flexibility index (Phi) is 6.17. The molecule has 3 aromatic rings. The van der Waals surface area contributed by atoms with E-state index in [4.69, 9.17) is 4.98 Å². The van der Waals surface area contributed by atoms with Crippen LogP contribution in [-0.4, -0.2) is 38.8 Å². The number of rotatable bonds is 4. The number of aromatic nitrogens is 3. The average molecular weight is 434 g/mol. The summed E-state index contributed by atoms with van der Waals surface area (Å²) in [6.07, 6.45) is 5.28. The van der Waals surface area contributed by atoms with Crippen molar-refractivity contribution >= 4 is 17.4 Å². The van der Waals surface area contributed by atoms with Crippen LogP contribution in [0.5, 0.6) is 0 Å². The molecule has 32 heavy (non-hydrogen) atoms. The number of piperidine rings is 1. The molecule has 0 radical (unpaired) electrons. The first-order chi connectivity index (χ1) is 15.3. The Balaban J connectivity index is 1.68. The largest absolute Gasteiger partial charge is 0.342 e. The molecule has 1 unspecified atom stereocenters. The van der Waals surface area contributed by atoms with E-state index in [1.807, 2.05) is 43.9 Å². The summed E-state index contributed by atoms with van der Waals surface area (Å²) in [5, 5.41) is 3.21. The number of carbonyl (C=O) groups is 1. The van der Waals surface area contributed by atoms with E-state index in [9.17, 15) is 9.18 Å². The minimum Gasteiger partial charge on any atom is -0.342 e. The lowest BCUT2D eigenvalue weighted by molar-refractivity contribution is -0.140. The maximum absolute atomic E-state index is 13.7. The zero-order valence-electron chi connectivity index (χ0n) is 18.7. The highest BCUT2D eigenvalue weighted by atomic mass is 19.1. The van der Waals surface area contributed by atoms with Crippen molar-refractivity contribution in [2.75, 3.05) is 18.4 Å². The highest BCUT2D eigenvalue weighted by molar-refractivity contribution is 5.81. The quantitative estimate of drug-likeness (QED) is 0.614. The summed E-state index contributed by atoms with van der Waals surface area (Å²) >= 11 is 0. The topological polar surface area (TPSA) is 71.0 Å². The fourth-order valence-corrected chi connectivity index (χ4v) is 3.96. The van der Waals surface area contributed by atoms with Gasteiger partial charge < -0.3 is 10.2 Å². The maximum atomic E-state index is 13.7. The Morgan fingerprint density at radius 2 is 1.91 bits per heavy atom. The standard InChI is InChI=1S/C25H28FN5O/c1-25(2,3)24(32)31-13-5-6-18(16-31)21-15-22(28-20-8-4-7-19(26)14-20)30-23(29-21)17-9-11-27-12-10-17/h4,7-12,14-15,18H,5-6,13,16H2,1-3H3,(H,28,29,30). The molecule has 4 rings (SSSR count). The lowest BCUT2D eigenvalue weighted by atomic mass is 9.90. The van der Waals surface area contributed by atoms with Gasteiger partial charge in [-0.15, -0.1) is 0 Å². The fourth-order valence-electron chi connectivity index (χ4n) is 3.96. The third-order valence-corrected chi connectivity index (χ3v) is 5.55. The molecule has 1 atom stereocenters. The third-order valence-electron chi connectivity index (χ3n) is 5.55. The van der Waals surface area contributed by atoms with E-state index in [1.165, 1.54) is 12.1 Å². The second-order valence-electron chi connectivity index (χ2n) is 9.21. The van der Waals surface area contributed by atoms with Crippen molar-refractivity contribution in [3.05, 3.63) is 66.4 Å². The summed E-state index contributed by atoms with van der Waals surface area (Å²) in [6, 6.07) is 11.9. The summed E-state index contributed by atoms with van der Waals surface area (Å²) in [5.74, 6) is 1.10. The minimum atomic E-state index is -0.417. The summed E-state index contributed by atoms with van der Waals surface area (Å²) in [4.78, 5) is 28.4. The Hall–Kier alpha value is -3.35. The lowest BCUT2D eigenvalue weighted by Gasteiger charge is -2.36. The number of pyridine rings is 1. The smallest absolute Gasteiger partial charge is 0.227 e. The molecule has 1 aromatic carbocycles. The van der Waals surface area contributed by atoms with Gasteiger partial charge in [0, 0.05) is 54.1 Å². The van der Waals surface area contributed by atoms with Gasteiger partial charge in [0.2, 0.25) is 5.91 Å². The lowest BCUT2D eigenvalue weighted by Crippen LogP contribution is -2.44. The molecule has 7 heteroatoms. The van der Waals surface area contributed by atoms with Gasteiger partial charge in [0.1, 0.15) is 11.6 Å². The maximum Gasteiger partial charge on any atom is 0.227 e. The van der Waals surface area contributed by atoms with Crippen LogP contribution in [0.1, 0.15) is 45.2 Å². The van der Waals surface area contributed by atoms with Crippen molar-refractivity contribution in [3.63, 3.8) is 0 Å². The van der Waals surface area contributed by atoms with Gasteiger partial charge in [0.05, 0.1) is 5.69 Å². The molecule has 0 spiro atoms. The Morgan fingerprint density at radius 3 is 2.62 bits per heavy atom. The Bertz CT molecular complexity index is 1100. The van der Waals surface area contributed by atoms with Crippen molar-refractivity contribution < 1.29 is 9.18 Å². The number of benzene rings is 1. The number of nitrogens with one attached hydrogen (secondary N) is 1. The van der Waals surface area contributed by atoms with Crippen LogP contribution in [0.15, 0.2) is 54.9 Å². The van der Waals surface area contributed by atoms with Gasteiger partial charge in [-0.05, 0) is 43.2 Å². The van der Waals surface area contributed by atoms with E-state index in [1.54, 1.807) is 24.5 Å². The number of nitrogens with zero attached hydrogens (tertiary/aromatic N) is 4. The zero-order valence-corrected chi connectivity index (χ0v) is 18.7. The molecule has 0 saturated carbocycles. The molecule has 1 amide bonds. The van der Waals surface area contributed by atoms with E-state index < -0.39 is 5.41 Å². The molecule has 6 nitrogen and oxygen atoms in total. The summed E-state index contributed by atoms with van der Waals surface area (Å²) in [6.45, 7) is 7.25. The van der Waals surface area contributed by atoms with Crippen LogP contribution in [-0.2, 0) is 4.79 Å². The van der Waals surface area contributed by atoms with Crippen molar-refractivity contribution in [2.24, 2.45) is 5.41 Å². The predicted molar refractivity (Wildman–Crippen MR) is 123 cm³/mol. The van der Waals surface area contributed by atoms with Crippen molar-refractivity contribution in [2.45, 2.75) is 39.5 Å².